The lowest BCUT2D eigenvalue weighted by molar-refractivity contribution is 0.708. The van der Waals surface area contributed by atoms with Crippen LogP contribution in [0.3, 0.4) is 0 Å². The van der Waals surface area contributed by atoms with Gasteiger partial charge in [-0.15, -0.1) is 0 Å². The number of pyridine rings is 1. The van der Waals surface area contributed by atoms with Gasteiger partial charge in [0.05, 0.1) is 0 Å². The Labute approximate surface area is 98.5 Å². The standard InChI is InChI=1S/C14H22N2/c1-10(2)15-14-9-11(3)16-13-8-6-4-5-7-12(13)14/h9-10H,4-8H2,1-3H3,(H,15,16). The molecule has 1 heterocycles. The third kappa shape index (κ3) is 2.55. The number of fused-ring (bicyclic) bond motifs is 1. The highest BCUT2D eigenvalue weighted by atomic mass is 14.9. The normalized spacial score (nSPS) is 15.8. The van der Waals surface area contributed by atoms with Crippen molar-refractivity contribution >= 4 is 5.69 Å². The minimum absolute atomic E-state index is 0.495. The van der Waals surface area contributed by atoms with Gasteiger partial charge in [-0.2, -0.15) is 0 Å². The van der Waals surface area contributed by atoms with Crippen LogP contribution >= 0.6 is 0 Å². The summed E-state index contributed by atoms with van der Waals surface area (Å²) in [5.74, 6) is 0. The third-order valence-corrected chi connectivity index (χ3v) is 3.12. The van der Waals surface area contributed by atoms with E-state index < -0.39 is 0 Å². The Morgan fingerprint density at radius 3 is 2.69 bits per heavy atom. The molecular weight excluding hydrogens is 196 g/mol. The van der Waals surface area contributed by atoms with Gasteiger partial charge in [-0.1, -0.05) is 6.42 Å². The van der Waals surface area contributed by atoms with Crippen molar-refractivity contribution in [3.63, 3.8) is 0 Å². The zero-order valence-electron chi connectivity index (χ0n) is 10.6. The van der Waals surface area contributed by atoms with Crippen LogP contribution in [0.4, 0.5) is 5.69 Å². The van der Waals surface area contributed by atoms with Gasteiger partial charge >= 0.3 is 0 Å². The number of anilines is 1. The molecule has 0 aliphatic heterocycles. The Balaban J connectivity index is 2.38. The highest BCUT2D eigenvalue weighted by molar-refractivity contribution is 5.54. The summed E-state index contributed by atoms with van der Waals surface area (Å²) in [6, 6.07) is 2.69. The number of aryl methyl sites for hydroxylation is 2. The van der Waals surface area contributed by atoms with E-state index in [1.807, 2.05) is 0 Å². The van der Waals surface area contributed by atoms with E-state index in [1.54, 1.807) is 0 Å². The molecule has 1 aliphatic rings. The largest absolute Gasteiger partial charge is 0.383 e. The van der Waals surface area contributed by atoms with Crippen LogP contribution in [0.5, 0.6) is 0 Å². The summed E-state index contributed by atoms with van der Waals surface area (Å²) in [5, 5.41) is 3.56. The Morgan fingerprint density at radius 1 is 1.19 bits per heavy atom. The van der Waals surface area contributed by atoms with Crippen molar-refractivity contribution in [2.24, 2.45) is 0 Å². The molecule has 2 nitrogen and oxygen atoms in total. The second-order valence-electron chi connectivity index (χ2n) is 5.10. The summed E-state index contributed by atoms with van der Waals surface area (Å²) >= 11 is 0. The topological polar surface area (TPSA) is 24.9 Å². The number of hydrogen-bond donors (Lipinski definition) is 1. The van der Waals surface area contributed by atoms with E-state index in [2.05, 4.69) is 32.2 Å². The van der Waals surface area contributed by atoms with Crippen LogP contribution in [0, 0.1) is 6.92 Å². The average Bonchev–Trinajstić information content (AvgIpc) is 2.41. The monoisotopic (exact) mass is 218 g/mol. The minimum atomic E-state index is 0.495. The van der Waals surface area contributed by atoms with Gasteiger partial charge in [-0.25, -0.2) is 0 Å². The minimum Gasteiger partial charge on any atom is -0.383 e. The molecule has 1 aromatic heterocycles. The van der Waals surface area contributed by atoms with E-state index in [4.69, 9.17) is 4.98 Å². The van der Waals surface area contributed by atoms with Gasteiger partial charge in [-0.3, -0.25) is 4.98 Å². The second kappa shape index (κ2) is 4.86. The molecule has 0 unspecified atom stereocenters. The summed E-state index contributed by atoms with van der Waals surface area (Å²) in [5.41, 5.74) is 5.26. The van der Waals surface area contributed by atoms with E-state index in [0.29, 0.717) is 6.04 Å². The molecule has 0 aromatic carbocycles. The average molecular weight is 218 g/mol. The second-order valence-corrected chi connectivity index (χ2v) is 5.10. The zero-order valence-corrected chi connectivity index (χ0v) is 10.6. The molecule has 0 atom stereocenters. The predicted octanol–water partition coefficient (Wildman–Crippen LogP) is 3.48. The molecule has 0 amide bonds. The molecule has 0 spiro atoms. The van der Waals surface area contributed by atoms with Crippen molar-refractivity contribution in [1.82, 2.24) is 4.98 Å². The SMILES string of the molecule is Cc1cc(NC(C)C)c2c(n1)CCCCC2. The Morgan fingerprint density at radius 2 is 1.94 bits per heavy atom. The van der Waals surface area contributed by atoms with Crippen LogP contribution in [0.2, 0.25) is 0 Å². The molecule has 88 valence electrons. The van der Waals surface area contributed by atoms with Crippen molar-refractivity contribution in [2.75, 3.05) is 5.32 Å². The van der Waals surface area contributed by atoms with Gasteiger partial charge in [0.1, 0.15) is 0 Å². The van der Waals surface area contributed by atoms with Gasteiger partial charge < -0.3 is 5.32 Å². The first-order valence-corrected chi connectivity index (χ1v) is 6.43. The first-order chi connectivity index (χ1) is 7.66. The van der Waals surface area contributed by atoms with E-state index in [1.165, 1.54) is 42.6 Å². The van der Waals surface area contributed by atoms with Crippen LogP contribution in [-0.2, 0) is 12.8 Å². The molecule has 1 N–H and O–H groups in total. The quantitative estimate of drug-likeness (QED) is 0.769. The summed E-state index contributed by atoms with van der Waals surface area (Å²) in [7, 11) is 0. The number of hydrogen-bond acceptors (Lipinski definition) is 2. The fourth-order valence-electron chi connectivity index (χ4n) is 2.46. The maximum absolute atomic E-state index is 4.70. The fourth-order valence-corrected chi connectivity index (χ4v) is 2.46. The molecule has 0 radical (unpaired) electrons. The summed E-state index contributed by atoms with van der Waals surface area (Å²) in [4.78, 5) is 4.70. The molecular formula is C14H22N2. The van der Waals surface area contributed by atoms with E-state index in [9.17, 15) is 0 Å². The molecule has 0 fully saturated rings. The van der Waals surface area contributed by atoms with Gasteiger partial charge in [0.2, 0.25) is 0 Å². The molecule has 1 aromatic rings. The number of aromatic nitrogens is 1. The summed E-state index contributed by atoms with van der Waals surface area (Å²) in [6.45, 7) is 6.48. The lowest BCUT2D eigenvalue weighted by atomic mass is 10.0. The van der Waals surface area contributed by atoms with Gasteiger partial charge in [-0.05, 0) is 58.1 Å². The highest BCUT2D eigenvalue weighted by Crippen LogP contribution is 2.27. The van der Waals surface area contributed by atoms with Crippen LogP contribution in [-0.4, -0.2) is 11.0 Å². The summed E-state index contributed by atoms with van der Waals surface area (Å²) < 4.78 is 0. The molecule has 2 heteroatoms. The van der Waals surface area contributed by atoms with Crippen molar-refractivity contribution in [1.29, 1.82) is 0 Å². The lowest BCUT2D eigenvalue weighted by Gasteiger charge is -2.17. The highest BCUT2D eigenvalue weighted by Gasteiger charge is 2.14. The number of nitrogens with one attached hydrogen (secondary N) is 1. The fraction of sp³-hybridized carbons (Fsp3) is 0.643. The number of nitrogens with zero attached hydrogens (tertiary/aromatic N) is 1. The molecule has 1 aliphatic carbocycles. The molecule has 0 saturated carbocycles. The van der Waals surface area contributed by atoms with Crippen molar-refractivity contribution in [3.05, 3.63) is 23.0 Å². The summed E-state index contributed by atoms with van der Waals surface area (Å²) in [6.07, 6.45) is 6.30. The van der Waals surface area contributed by atoms with Crippen LogP contribution in [0.1, 0.15) is 50.1 Å². The predicted molar refractivity (Wildman–Crippen MR) is 69.0 cm³/mol. The van der Waals surface area contributed by atoms with Crippen LogP contribution in [0.15, 0.2) is 6.07 Å². The van der Waals surface area contributed by atoms with Gasteiger partial charge in [0, 0.05) is 23.1 Å². The molecule has 0 bridgehead atoms. The van der Waals surface area contributed by atoms with Gasteiger partial charge in [0.25, 0.3) is 0 Å². The maximum atomic E-state index is 4.70. The molecule has 2 rings (SSSR count). The number of rotatable bonds is 2. The van der Waals surface area contributed by atoms with Crippen LogP contribution in [0.25, 0.3) is 0 Å². The molecule has 0 saturated heterocycles. The van der Waals surface area contributed by atoms with E-state index in [0.717, 1.165) is 12.1 Å². The lowest BCUT2D eigenvalue weighted by Crippen LogP contribution is -2.13. The van der Waals surface area contributed by atoms with Gasteiger partial charge in [0.15, 0.2) is 0 Å². The van der Waals surface area contributed by atoms with E-state index in [-0.39, 0.29) is 0 Å². The first-order valence-electron chi connectivity index (χ1n) is 6.43. The smallest absolute Gasteiger partial charge is 0.0459 e. The Hall–Kier alpha value is -1.05. The van der Waals surface area contributed by atoms with Crippen LogP contribution < -0.4 is 5.32 Å². The molecule has 16 heavy (non-hydrogen) atoms. The van der Waals surface area contributed by atoms with Crippen molar-refractivity contribution in [3.8, 4) is 0 Å². The Kier molecular flexibility index (Phi) is 3.47. The first kappa shape index (κ1) is 11.4. The maximum Gasteiger partial charge on any atom is 0.0459 e. The van der Waals surface area contributed by atoms with Crippen molar-refractivity contribution in [2.45, 2.75) is 58.9 Å². The third-order valence-electron chi connectivity index (χ3n) is 3.12. The van der Waals surface area contributed by atoms with E-state index >= 15 is 0 Å². The van der Waals surface area contributed by atoms with Crippen molar-refractivity contribution < 1.29 is 0 Å². The zero-order chi connectivity index (χ0) is 11.5. The Bertz CT molecular complexity index is 369.